The molecule has 3 nitrogen and oxygen atoms in total. The van der Waals surface area contributed by atoms with E-state index < -0.39 is 0 Å². The van der Waals surface area contributed by atoms with Gasteiger partial charge in [0.15, 0.2) is 0 Å². The van der Waals surface area contributed by atoms with E-state index in [1.165, 1.54) is 0 Å². The maximum Gasteiger partial charge on any atom is 0.0612 e. The lowest BCUT2D eigenvalue weighted by Crippen LogP contribution is -2.48. The van der Waals surface area contributed by atoms with Gasteiger partial charge in [0.2, 0.25) is 0 Å². The Kier molecular flexibility index (Phi) is 5.63. The summed E-state index contributed by atoms with van der Waals surface area (Å²) in [6, 6.07) is 0.634. The lowest BCUT2D eigenvalue weighted by molar-refractivity contribution is -0.102. The van der Waals surface area contributed by atoms with Crippen molar-refractivity contribution in [3.8, 4) is 0 Å². The van der Waals surface area contributed by atoms with E-state index in [1.807, 2.05) is 0 Å². The van der Waals surface area contributed by atoms with E-state index in [2.05, 4.69) is 39.9 Å². The van der Waals surface area contributed by atoms with Crippen molar-refractivity contribution in [2.75, 3.05) is 13.2 Å². The van der Waals surface area contributed by atoms with Crippen molar-refractivity contribution in [2.45, 2.75) is 78.0 Å². The zero-order valence-electron chi connectivity index (χ0n) is 12.8. The summed E-state index contributed by atoms with van der Waals surface area (Å²) in [4.78, 5) is 0. The molecule has 2 N–H and O–H groups in total. The number of ether oxygens (including phenoxy) is 1. The molecule has 0 heterocycles. The molecular formula is C15H31NO2. The SMILES string of the molecule is CC(C)(CO)CCCNC1CC(OC(C)(C)C)C1. The zero-order valence-corrected chi connectivity index (χ0v) is 12.8. The molecule has 0 aromatic rings. The predicted octanol–water partition coefficient (Wildman–Crippen LogP) is 2.72. The van der Waals surface area contributed by atoms with Crippen LogP contribution in [0.4, 0.5) is 0 Å². The summed E-state index contributed by atoms with van der Waals surface area (Å²) >= 11 is 0. The summed E-state index contributed by atoms with van der Waals surface area (Å²) < 4.78 is 5.91. The molecule has 0 radical (unpaired) electrons. The second kappa shape index (κ2) is 6.36. The van der Waals surface area contributed by atoms with Crippen LogP contribution in [0.15, 0.2) is 0 Å². The molecule has 0 spiro atoms. The minimum Gasteiger partial charge on any atom is -0.396 e. The maximum atomic E-state index is 9.17. The van der Waals surface area contributed by atoms with Gasteiger partial charge in [0.25, 0.3) is 0 Å². The van der Waals surface area contributed by atoms with E-state index in [1.54, 1.807) is 0 Å². The number of rotatable bonds is 7. The molecule has 0 aromatic heterocycles. The molecule has 108 valence electrons. The van der Waals surface area contributed by atoms with E-state index >= 15 is 0 Å². The van der Waals surface area contributed by atoms with Crippen molar-refractivity contribution in [3.05, 3.63) is 0 Å². The van der Waals surface area contributed by atoms with E-state index in [0.29, 0.717) is 12.1 Å². The molecule has 1 aliphatic carbocycles. The fourth-order valence-electron chi connectivity index (χ4n) is 2.28. The summed E-state index contributed by atoms with van der Waals surface area (Å²) in [5.74, 6) is 0. The minimum absolute atomic E-state index is 0.0131. The van der Waals surface area contributed by atoms with E-state index in [4.69, 9.17) is 9.84 Å². The Bertz CT molecular complexity index is 239. The van der Waals surface area contributed by atoms with Crippen molar-refractivity contribution in [2.24, 2.45) is 5.41 Å². The first-order valence-electron chi connectivity index (χ1n) is 7.24. The summed E-state index contributed by atoms with van der Waals surface area (Å²) in [6.07, 6.45) is 4.93. The standard InChI is InChI=1S/C15H31NO2/c1-14(2,3)18-13-9-12(10-13)16-8-6-7-15(4,5)11-17/h12-13,16-17H,6-11H2,1-5H3. The van der Waals surface area contributed by atoms with Crippen LogP contribution in [-0.2, 0) is 4.74 Å². The highest BCUT2D eigenvalue weighted by atomic mass is 16.5. The molecule has 0 atom stereocenters. The van der Waals surface area contributed by atoms with Gasteiger partial charge >= 0.3 is 0 Å². The van der Waals surface area contributed by atoms with Gasteiger partial charge in [0.1, 0.15) is 0 Å². The Morgan fingerprint density at radius 1 is 1.17 bits per heavy atom. The van der Waals surface area contributed by atoms with Gasteiger partial charge in [-0.15, -0.1) is 0 Å². The van der Waals surface area contributed by atoms with Crippen LogP contribution in [0.3, 0.4) is 0 Å². The Balaban J connectivity index is 2.01. The molecule has 18 heavy (non-hydrogen) atoms. The molecule has 1 fully saturated rings. The number of nitrogens with one attached hydrogen (secondary N) is 1. The molecule has 0 bridgehead atoms. The first kappa shape index (κ1) is 15.9. The van der Waals surface area contributed by atoms with E-state index in [0.717, 1.165) is 32.2 Å². The molecule has 0 aliphatic heterocycles. The van der Waals surface area contributed by atoms with E-state index in [9.17, 15) is 0 Å². The Morgan fingerprint density at radius 2 is 1.78 bits per heavy atom. The van der Waals surface area contributed by atoms with Crippen LogP contribution in [0.2, 0.25) is 0 Å². The van der Waals surface area contributed by atoms with Gasteiger partial charge in [0.05, 0.1) is 11.7 Å². The third kappa shape index (κ3) is 6.17. The third-order valence-corrected chi connectivity index (χ3v) is 3.51. The lowest BCUT2D eigenvalue weighted by Gasteiger charge is -2.39. The highest BCUT2D eigenvalue weighted by molar-refractivity contribution is 4.87. The van der Waals surface area contributed by atoms with Gasteiger partial charge in [0, 0.05) is 12.6 Å². The quantitative estimate of drug-likeness (QED) is 0.689. The molecule has 0 aromatic carbocycles. The van der Waals surface area contributed by atoms with Gasteiger partial charge in [-0.05, 0) is 58.4 Å². The largest absolute Gasteiger partial charge is 0.396 e. The van der Waals surface area contributed by atoms with Crippen LogP contribution in [0.25, 0.3) is 0 Å². The topological polar surface area (TPSA) is 41.5 Å². The second-order valence-corrected chi connectivity index (χ2v) is 7.40. The fourth-order valence-corrected chi connectivity index (χ4v) is 2.28. The van der Waals surface area contributed by atoms with E-state index in [-0.39, 0.29) is 17.6 Å². The summed E-state index contributed by atoms with van der Waals surface area (Å²) in [6.45, 7) is 11.9. The summed E-state index contributed by atoms with van der Waals surface area (Å²) in [5, 5.41) is 12.7. The monoisotopic (exact) mass is 257 g/mol. The summed E-state index contributed by atoms with van der Waals surface area (Å²) in [7, 11) is 0. The van der Waals surface area contributed by atoms with Gasteiger partial charge in [-0.2, -0.15) is 0 Å². The first-order valence-corrected chi connectivity index (χ1v) is 7.24. The molecule has 0 saturated heterocycles. The van der Waals surface area contributed by atoms with Crippen LogP contribution in [0.5, 0.6) is 0 Å². The minimum atomic E-state index is -0.0131. The second-order valence-electron chi connectivity index (χ2n) is 7.40. The van der Waals surface area contributed by atoms with Crippen molar-refractivity contribution in [1.82, 2.24) is 5.32 Å². The molecule has 1 saturated carbocycles. The van der Waals surface area contributed by atoms with Crippen molar-refractivity contribution >= 4 is 0 Å². The lowest BCUT2D eigenvalue weighted by atomic mass is 9.87. The number of hydrogen-bond donors (Lipinski definition) is 2. The average molecular weight is 257 g/mol. The average Bonchev–Trinajstić information content (AvgIpc) is 2.18. The van der Waals surface area contributed by atoms with Gasteiger partial charge in [-0.1, -0.05) is 13.8 Å². The summed E-state index contributed by atoms with van der Waals surface area (Å²) in [5.41, 5.74) is 0.0555. The fraction of sp³-hybridized carbons (Fsp3) is 1.00. The van der Waals surface area contributed by atoms with Crippen LogP contribution in [0, 0.1) is 5.41 Å². The molecule has 1 rings (SSSR count). The van der Waals surface area contributed by atoms with Crippen LogP contribution < -0.4 is 5.32 Å². The predicted molar refractivity (Wildman–Crippen MR) is 75.8 cm³/mol. The Morgan fingerprint density at radius 3 is 2.28 bits per heavy atom. The Labute approximate surface area is 112 Å². The molecular weight excluding hydrogens is 226 g/mol. The van der Waals surface area contributed by atoms with Crippen LogP contribution in [-0.4, -0.2) is 36.0 Å². The number of hydrogen-bond acceptors (Lipinski definition) is 3. The van der Waals surface area contributed by atoms with Gasteiger partial charge in [-0.25, -0.2) is 0 Å². The Hall–Kier alpha value is -0.120. The van der Waals surface area contributed by atoms with Crippen LogP contribution in [0.1, 0.15) is 60.3 Å². The highest BCUT2D eigenvalue weighted by Crippen LogP contribution is 2.28. The number of aliphatic hydroxyl groups excluding tert-OH is 1. The first-order chi connectivity index (χ1) is 8.22. The van der Waals surface area contributed by atoms with Gasteiger partial charge in [-0.3, -0.25) is 0 Å². The number of aliphatic hydroxyl groups is 1. The molecule has 0 amide bonds. The van der Waals surface area contributed by atoms with Crippen molar-refractivity contribution in [3.63, 3.8) is 0 Å². The van der Waals surface area contributed by atoms with Crippen molar-refractivity contribution < 1.29 is 9.84 Å². The molecule has 1 aliphatic rings. The molecule has 3 heteroatoms. The maximum absolute atomic E-state index is 9.17. The van der Waals surface area contributed by atoms with Crippen molar-refractivity contribution in [1.29, 1.82) is 0 Å². The highest BCUT2D eigenvalue weighted by Gasteiger charge is 2.32. The smallest absolute Gasteiger partial charge is 0.0612 e. The zero-order chi connectivity index (χ0) is 13.8. The normalized spacial score (nSPS) is 25.0. The molecule has 0 unspecified atom stereocenters. The van der Waals surface area contributed by atoms with Crippen LogP contribution >= 0.6 is 0 Å². The van der Waals surface area contributed by atoms with Gasteiger partial charge < -0.3 is 15.2 Å². The third-order valence-electron chi connectivity index (χ3n) is 3.51.